The molecule has 1 aliphatic rings. The van der Waals surface area contributed by atoms with E-state index < -0.39 is 13.7 Å². The van der Waals surface area contributed by atoms with Gasteiger partial charge in [0.25, 0.3) is 0 Å². The van der Waals surface area contributed by atoms with E-state index in [1.165, 1.54) is 11.1 Å². The molecule has 0 aromatic heterocycles. The topological polar surface area (TPSA) is 20.2 Å². The second-order valence-corrected chi connectivity index (χ2v) is 12.5. The van der Waals surface area contributed by atoms with Crippen molar-refractivity contribution in [1.82, 2.24) is 0 Å². The lowest BCUT2D eigenvalue weighted by Crippen LogP contribution is -2.47. The zero-order valence-corrected chi connectivity index (χ0v) is 12.4. The van der Waals surface area contributed by atoms with Crippen molar-refractivity contribution < 1.29 is 5.11 Å². The Labute approximate surface area is 95.6 Å². The van der Waals surface area contributed by atoms with Gasteiger partial charge in [0, 0.05) is 13.5 Å². The van der Waals surface area contributed by atoms with Gasteiger partial charge in [-0.25, -0.2) is 0 Å². The fourth-order valence-corrected chi connectivity index (χ4v) is 5.22. The quantitative estimate of drug-likeness (QED) is 0.560. The largest absolute Gasteiger partial charge is 0.385 e. The summed E-state index contributed by atoms with van der Waals surface area (Å²) in [6.07, 6.45) is 1.04. The summed E-state index contributed by atoms with van der Waals surface area (Å²) in [6, 6.07) is 0.982. The molecule has 2 heteroatoms. The first-order chi connectivity index (χ1) is 6.50. The van der Waals surface area contributed by atoms with Gasteiger partial charge in [0.05, 0.1) is 5.60 Å². The molecule has 0 aromatic carbocycles. The number of hydrogen-bond donors (Lipinski definition) is 1. The predicted molar refractivity (Wildman–Crippen MR) is 69.9 cm³/mol. The van der Waals surface area contributed by atoms with E-state index in [2.05, 4.69) is 47.3 Å². The second kappa shape index (κ2) is 3.46. The van der Waals surface area contributed by atoms with Gasteiger partial charge in [-0.15, -0.1) is 0 Å². The summed E-state index contributed by atoms with van der Waals surface area (Å²) >= 11 is 0. The molecule has 0 heterocycles. The first-order valence-electron chi connectivity index (χ1n) is 5.89. The molecule has 88 valence electrons. The maximum absolute atomic E-state index is 11.0. The molecule has 0 aliphatic heterocycles. The van der Waals surface area contributed by atoms with Crippen molar-refractivity contribution in [2.24, 2.45) is 5.41 Å². The molecule has 0 radical (unpaired) electrons. The average Bonchev–Trinajstić information content (AvgIpc) is 2.09. The highest BCUT2D eigenvalue weighted by molar-refractivity contribution is 6.76. The van der Waals surface area contributed by atoms with E-state index in [9.17, 15) is 5.11 Å². The molecule has 0 saturated carbocycles. The molecule has 0 aromatic rings. The second-order valence-electron chi connectivity index (χ2n) is 7.06. The Balaban J connectivity index is 3.09. The minimum absolute atomic E-state index is 0.0153. The Hall–Kier alpha value is -0.0831. The summed E-state index contributed by atoms with van der Waals surface area (Å²) in [4.78, 5) is 0. The van der Waals surface area contributed by atoms with E-state index in [-0.39, 0.29) is 5.41 Å². The summed E-state index contributed by atoms with van der Waals surface area (Å²) in [5.41, 5.74) is 2.08. The van der Waals surface area contributed by atoms with Gasteiger partial charge in [0.2, 0.25) is 0 Å². The van der Waals surface area contributed by atoms with E-state index in [1.807, 2.05) is 0 Å². The Kier molecular flexibility index (Phi) is 2.99. The van der Waals surface area contributed by atoms with Gasteiger partial charge >= 0.3 is 0 Å². The molecule has 1 nitrogen and oxygen atoms in total. The fraction of sp³-hybridized carbons (Fsp3) is 0.846. The fourth-order valence-electron chi connectivity index (χ4n) is 2.94. The Bertz CT molecular complexity index is 296. The minimum atomic E-state index is -1.24. The van der Waals surface area contributed by atoms with Crippen molar-refractivity contribution in [3.05, 3.63) is 11.1 Å². The van der Waals surface area contributed by atoms with E-state index in [1.54, 1.807) is 0 Å². The monoisotopic (exact) mass is 226 g/mol. The van der Waals surface area contributed by atoms with Crippen molar-refractivity contribution in [2.75, 3.05) is 0 Å². The van der Waals surface area contributed by atoms with Crippen LogP contribution in [0.15, 0.2) is 11.1 Å². The van der Waals surface area contributed by atoms with Crippen molar-refractivity contribution in [3.8, 4) is 0 Å². The maximum Gasteiger partial charge on any atom is 0.0886 e. The standard InChI is InChI=1S/C13H26OSi/c1-10-8-12(3,4)13(14,11(10)2)9-15(5,6)7/h14H,8-9H2,1-7H3. The summed E-state index contributed by atoms with van der Waals surface area (Å²) in [7, 11) is -1.24. The van der Waals surface area contributed by atoms with Gasteiger partial charge in [0.1, 0.15) is 0 Å². The number of rotatable bonds is 2. The smallest absolute Gasteiger partial charge is 0.0886 e. The van der Waals surface area contributed by atoms with Gasteiger partial charge in [-0.3, -0.25) is 0 Å². The first kappa shape index (κ1) is 13.0. The van der Waals surface area contributed by atoms with E-state index in [4.69, 9.17) is 0 Å². The van der Waals surface area contributed by atoms with E-state index in [0.29, 0.717) is 0 Å². The van der Waals surface area contributed by atoms with Crippen molar-refractivity contribution in [2.45, 2.75) is 65.4 Å². The van der Waals surface area contributed by atoms with Crippen LogP contribution in [0.2, 0.25) is 25.7 Å². The molecule has 1 N–H and O–H groups in total. The molecular formula is C13H26OSi. The zero-order valence-electron chi connectivity index (χ0n) is 11.4. The highest BCUT2D eigenvalue weighted by Crippen LogP contribution is 2.52. The van der Waals surface area contributed by atoms with Gasteiger partial charge in [-0.2, -0.15) is 0 Å². The van der Waals surface area contributed by atoms with Crippen LogP contribution in [0.1, 0.15) is 34.1 Å². The lowest BCUT2D eigenvalue weighted by atomic mass is 9.76. The van der Waals surface area contributed by atoms with Gasteiger partial charge in [-0.1, -0.05) is 39.1 Å². The maximum atomic E-state index is 11.0. The molecular weight excluding hydrogens is 200 g/mol. The highest BCUT2D eigenvalue weighted by Gasteiger charge is 2.51. The van der Waals surface area contributed by atoms with Crippen molar-refractivity contribution in [3.63, 3.8) is 0 Å². The molecule has 15 heavy (non-hydrogen) atoms. The number of hydrogen-bond acceptors (Lipinski definition) is 1. The van der Waals surface area contributed by atoms with Crippen LogP contribution in [-0.2, 0) is 0 Å². The lowest BCUT2D eigenvalue weighted by molar-refractivity contribution is -0.00470. The number of allylic oxidation sites excluding steroid dienone is 1. The first-order valence-corrected chi connectivity index (χ1v) is 9.59. The van der Waals surface area contributed by atoms with Crippen molar-refractivity contribution in [1.29, 1.82) is 0 Å². The summed E-state index contributed by atoms with van der Waals surface area (Å²) in [6.45, 7) is 15.7. The molecule has 0 bridgehead atoms. The Morgan fingerprint density at radius 1 is 1.20 bits per heavy atom. The van der Waals surface area contributed by atoms with Crippen LogP contribution in [0.25, 0.3) is 0 Å². The lowest BCUT2D eigenvalue weighted by Gasteiger charge is -2.42. The van der Waals surface area contributed by atoms with Crippen LogP contribution in [-0.4, -0.2) is 18.8 Å². The van der Waals surface area contributed by atoms with Crippen LogP contribution in [0.4, 0.5) is 0 Å². The molecule has 1 aliphatic carbocycles. The Morgan fingerprint density at radius 3 is 1.93 bits per heavy atom. The zero-order chi connectivity index (χ0) is 12.1. The average molecular weight is 226 g/mol. The number of aliphatic hydroxyl groups is 1. The van der Waals surface area contributed by atoms with Crippen LogP contribution >= 0.6 is 0 Å². The van der Waals surface area contributed by atoms with Crippen LogP contribution in [0.3, 0.4) is 0 Å². The Morgan fingerprint density at radius 2 is 1.67 bits per heavy atom. The van der Waals surface area contributed by atoms with E-state index >= 15 is 0 Å². The van der Waals surface area contributed by atoms with E-state index in [0.717, 1.165) is 12.5 Å². The molecule has 1 atom stereocenters. The highest BCUT2D eigenvalue weighted by atomic mass is 28.3. The van der Waals surface area contributed by atoms with Gasteiger partial charge < -0.3 is 5.11 Å². The van der Waals surface area contributed by atoms with Crippen molar-refractivity contribution >= 4 is 8.07 Å². The van der Waals surface area contributed by atoms with Gasteiger partial charge in [0.15, 0.2) is 0 Å². The minimum Gasteiger partial charge on any atom is -0.385 e. The SMILES string of the molecule is CC1=C(C)C(O)(C[Si](C)(C)C)C(C)(C)C1. The van der Waals surface area contributed by atoms with Gasteiger partial charge in [-0.05, 0) is 31.9 Å². The van der Waals surface area contributed by atoms with Crippen LogP contribution in [0, 0.1) is 5.41 Å². The third kappa shape index (κ3) is 2.21. The summed E-state index contributed by atoms with van der Waals surface area (Å²) in [5, 5.41) is 11.0. The summed E-state index contributed by atoms with van der Waals surface area (Å²) < 4.78 is 0. The molecule has 0 fully saturated rings. The molecule has 0 saturated heterocycles. The predicted octanol–water partition coefficient (Wildman–Crippen LogP) is 3.82. The van der Waals surface area contributed by atoms with Crippen LogP contribution < -0.4 is 0 Å². The normalized spacial score (nSPS) is 31.2. The summed E-state index contributed by atoms with van der Waals surface area (Å²) in [5.74, 6) is 0. The third-order valence-corrected chi connectivity index (χ3v) is 5.45. The molecule has 0 amide bonds. The molecule has 0 spiro atoms. The van der Waals surface area contributed by atoms with Crippen LogP contribution in [0.5, 0.6) is 0 Å². The molecule has 1 unspecified atom stereocenters. The third-order valence-electron chi connectivity index (χ3n) is 3.87. The molecule has 1 rings (SSSR count).